The fraction of sp³-hybridized carbons (Fsp3) is 0.321. The van der Waals surface area contributed by atoms with Crippen molar-refractivity contribution in [3.05, 3.63) is 88.4 Å². The Morgan fingerprint density at radius 3 is 2.35 bits per heavy atom. The number of halogens is 1. The standard InChI is InChI=1S/C28H32ClN3O4S/c1-20-8-7-11-26(21(20)2)31-14-16-32(17-15-31)28(33)25(18-22-9-5-4-6-10-22)30-37(34,35)23-12-13-27(36-3)24(29)19-23/h4-13,19,25,30H,14-18H2,1-3H3/t25-/m1/s1. The zero-order valence-electron chi connectivity index (χ0n) is 21.3. The molecule has 1 heterocycles. The van der Waals surface area contributed by atoms with Gasteiger partial charge in [0, 0.05) is 31.9 Å². The molecule has 1 aliphatic rings. The van der Waals surface area contributed by atoms with Gasteiger partial charge in [0.05, 0.1) is 17.0 Å². The normalized spacial score (nSPS) is 14.9. The lowest BCUT2D eigenvalue weighted by atomic mass is 10.0. The number of nitrogens with zero attached hydrogens (tertiary/aromatic N) is 2. The van der Waals surface area contributed by atoms with Crippen molar-refractivity contribution in [1.82, 2.24) is 9.62 Å². The number of ether oxygens (including phenoxy) is 1. The zero-order chi connectivity index (χ0) is 26.6. The molecule has 0 radical (unpaired) electrons. The second-order valence-electron chi connectivity index (χ2n) is 9.19. The molecule has 0 unspecified atom stereocenters. The van der Waals surface area contributed by atoms with Crippen molar-refractivity contribution in [2.45, 2.75) is 31.2 Å². The van der Waals surface area contributed by atoms with E-state index in [0.29, 0.717) is 31.9 Å². The summed E-state index contributed by atoms with van der Waals surface area (Å²) < 4.78 is 34.4. The van der Waals surface area contributed by atoms with E-state index in [9.17, 15) is 13.2 Å². The Kier molecular flexibility index (Phi) is 8.42. The highest BCUT2D eigenvalue weighted by Crippen LogP contribution is 2.27. The fourth-order valence-corrected chi connectivity index (χ4v) is 6.10. The number of amides is 1. The first-order chi connectivity index (χ1) is 17.7. The SMILES string of the molecule is COc1ccc(S(=O)(=O)N[C@H](Cc2ccccc2)C(=O)N2CCN(c3cccc(C)c3C)CC2)cc1Cl. The molecule has 7 nitrogen and oxygen atoms in total. The van der Waals surface area contributed by atoms with Crippen LogP contribution in [0.15, 0.2) is 71.6 Å². The van der Waals surface area contributed by atoms with Crippen LogP contribution in [0, 0.1) is 13.8 Å². The maximum Gasteiger partial charge on any atom is 0.241 e. The van der Waals surface area contributed by atoms with Crippen LogP contribution in [-0.4, -0.2) is 58.6 Å². The van der Waals surface area contributed by atoms with Crippen LogP contribution < -0.4 is 14.4 Å². The fourth-order valence-electron chi connectivity index (χ4n) is 4.57. The molecule has 1 atom stereocenters. The van der Waals surface area contributed by atoms with Crippen molar-refractivity contribution in [2.75, 3.05) is 38.2 Å². The predicted molar refractivity (Wildman–Crippen MR) is 147 cm³/mol. The minimum Gasteiger partial charge on any atom is -0.495 e. The molecule has 1 aliphatic heterocycles. The summed E-state index contributed by atoms with van der Waals surface area (Å²) in [5, 5.41) is 0.180. The van der Waals surface area contributed by atoms with Gasteiger partial charge in [-0.1, -0.05) is 54.1 Å². The lowest BCUT2D eigenvalue weighted by Gasteiger charge is -2.38. The van der Waals surface area contributed by atoms with Crippen LogP contribution in [-0.2, 0) is 21.2 Å². The Labute approximate surface area is 224 Å². The Bertz CT molecular complexity index is 1360. The molecule has 196 valence electrons. The Balaban J connectivity index is 1.53. The number of aryl methyl sites for hydroxylation is 1. The molecule has 3 aromatic rings. The van der Waals surface area contributed by atoms with Crippen molar-refractivity contribution in [3.8, 4) is 5.75 Å². The number of methoxy groups -OCH3 is 1. The van der Waals surface area contributed by atoms with Crippen LogP contribution in [0.2, 0.25) is 5.02 Å². The summed E-state index contributed by atoms with van der Waals surface area (Å²) in [7, 11) is -2.56. The minimum absolute atomic E-state index is 0.0242. The van der Waals surface area contributed by atoms with Crippen LogP contribution in [0.3, 0.4) is 0 Å². The molecule has 1 amide bonds. The molecule has 1 fully saturated rings. The van der Waals surface area contributed by atoms with E-state index in [4.69, 9.17) is 16.3 Å². The van der Waals surface area contributed by atoms with Crippen molar-refractivity contribution < 1.29 is 17.9 Å². The first-order valence-corrected chi connectivity index (χ1v) is 14.1. The largest absolute Gasteiger partial charge is 0.495 e. The number of sulfonamides is 1. The summed E-state index contributed by atoms with van der Waals surface area (Å²) in [5.41, 5.74) is 4.50. The minimum atomic E-state index is -4.02. The second kappa shape index (κ2) is 11.5. The number of carbonyl (C=O) groups excluding carboxylic acids is 1. The quantitative estimate of drug-likeness (QED) is 0.462. The van der Waals surface area contributed by atoms with Gasteiger partial charge in [-0.05, 0) is 61.2 Å². The van der Waals surface area contributed by atoms with Crippen LogP contribution in [0.25, 0.3) is 0 Å². The molecule has 1 N–H and O–H groups in total. The topological polar surface area (TPSA) is 78.9 Å². The summed E-state index contributed by atoms with van der Waals surface area (Å²) in [5.74, 6) is 0.131. The summed E-state index contributed by atoms with van der Waals surface area (Å²) in [6.07, 6.45) is 0.236. The first kappa shape index (κ1) is 27.0. The molecule has 0 spiro atoms. The zero-order valence-corrected chi connectivity index (χ0v) is 22.8. The van der Waals surface area contributed by atoms with Gasteiger partial charge >= 0.3 is 0 Å². The van der Waals surface area contributed by atoms with E-state index >= 15 is 0 Å². The average molecular weight is 542 g/mol. The molecule has 37 heavy (non-hydrogen) atoms. The van der Waals surface area contributed by atoms with Crippen molar-refractivity contribution >= 4 is 33.2 Å². The average Bonchev–Trinajstić information content (AvgIpc) is 2.90. The van der Waals surface area contributed by atoms with Crippen LogP contribution >= 0.6 is 11.6 Å². The number of hydrogen-bond acceptors (Lipinski definition) is 5. The third-order valence-corrected chi connectivity index (χ3v) is 8.58. The van der Waals surface area contributed by atoms with Crippen LogP contribution in [0.1, 0.15) is 16.7 Å². The van der Waals surface area contributed by atoms with Gasteiger partial charge in [0.1, 0.15) is 11.8 Å². The molecule has 0 bridgehead atoms. The second-order valence-corrected chi connectivity index (χ2v) is 11.3. The van der Waals surface area contributed by atoms with Crippen molar-refractivity contribution in [3.63, 3.8) is 0 Å². The van der Waals surface area contributed by atoms with Gasteiger partial charge in [-0.3, -0.25) is 4.79 Å². The van der Waals surface area contributed by atoms with Gasteiger partial charge in [0.15, 0.2) is 0 Å². The third kappa shape index (κ3) is 6.26. The summed E-state index contributed by atoms with van der Waals surface area (Å²) in [4.78, 5) is 17.7. The Hall–Kier alpha value is -3.07. The third-order valence-electron chi connectivity index (χ3n) is 6.82. The van der Waals surface area contributed by atoms with Crippen LogP contribution in [0.4, 0.5) is 5.69 Å². The number of hydrogen-bond donors (Lipinski definition) is 1. The Morgan fingerprint density at radius 1 is 1.00 bits per heavy atom. The summed E-state index contributed by atoms with van der Waals surface area (Å²) >= 11 is 6.17. The van der Waals surface area contributed by atoms with E-state index in [2.05, 4.69) is 35.6 Å². The first-order valence-electron chi connectivity index (χ1n) is 12.2. The van der Waals surface area contributed by atoms with E-state index < -0.39 is 16.1 Å². The molecular formula is C28H32ClN3O4S. The smallest absolute Gasteiger partial charge is 0.241 e. The van der Waals surface area contributed by atoms with Gasteiger partial charge in [-0.2, -0.15) is 4.72 Å². The number of rotatable bonds is 8. The summed E-state index contributed by atoms with van der Waals surface area (Å²) in [6, 6.07) is 18.9. The highest BCUT2D eigenvalue weighted by atomic mass is 35.5. The Morgan fingerprint density at radius 2 is 1.70 bits per heavy atom. The molecule has 1 saturated heterocycles. The molecule has 3 aromatic carbocycles. The lowest BCUT2D eigenvalue weighted by molar-refractivity contribution is -0.133. The van der Waals surface area contributed by atoms with Gasteiger partial charge in [-0.25, -0.2) is 8.42 Å². The maximum absolute atomic E-state index is 13.7. The van der Waals surface area contributed by atoms with E-state index in [-0.39, 0.29) is 22.2 Å². The summed E-state index contributed by atoms with van der Waals surface area (Å²) in [6.45, 7) is 6.57. The number of nitrogens with one attached hydrogen (secondary N) is 1. The number of piperazine rings is 1. The van der Waals surface area contributed by atoms with E-state index in [1.165, 1.54) is 42.1 Å². The molecule has 9 heteroatoms. The van der Waals surface area contributed by atoms with Crippen molar-refractivity contribution in [2.24, 2.45) is 0 Å². The lowest BCUT2D eigenvalue weighted by Crippen LogP contribution is -2.55. The van der Waals surface area contributed by atoms with Crippen molar-refractivity contribution in [1.29, 1.82) is 0 Å². The molecule has 0 aliphatic carbocycles. The molecule has 4 rings (SSSR count). The van der Waals surface area contributed by atoms with Gasteiger partial charge < -0.3 is 14.5 Å². The highest BCUT2D eigenvalue weighted by molar-refractivity contribution is 7.89. The van der Waals surface area contributed by atoms with E-state index in [1.807, 2.05) is 36.4 Å². The van der Waals surface area contributed by atoms with Gasteiger partial charge in [-0.15, -0.1) is 0 Å². The molecule has 0 saturated carbocycles. The van der Waals surface area contributed by atoms with E-state index in [1.54, 1.807) is 4.90 Å². The van der Waals surface area contributed by atoms with Gasteiger partial charge in [0.2, 0.25) is 15.9 Å². The highest BCUT2D eigenvalue weighted by Gasteiger charge is 2.32. The van der Waals surface area contributed by atoms with Crippen LogP contribution in [0.5, 0.6) is 5.75 Å². The predicted octanol–water partition coefficient (Wildman–Crippen LogP) is 4.20. The van der Waals surface area contributed by atoms with Gasteiger partial charge in [0.25, 0.3) is 0 Å². The molecule has 0 aromatic heterocycles. The number of benzene rings is 3. The number of anilines is 1. The molecular weight excluding hydrogens is 510 g/mol. The monoisotopic (exact) mass is 541 g/mol. The van der Waals surface area contributed by atoms with E-state index in [0.717, 1.165) is 5.56 Å². The number of carbonyl (C=O) groups is 1. The maximum atomic E-state index is 13.7.